The van der Waals surface area contributed by atoms with Gasteiger partial charge in [-0.25, -0.2) is 0 Å². The Balaban J connectivity index is 1.58. The molecule has 6 heteroatoms. The van der Waals surface area contributed by atoms with Gasteiger partial charge in [-0.2, -0.15) is 5.10 Å². The summed E-state index contributed by atoms with van der Waals surface area (Å²) in [4.78, 5) is 21.4. The van der Waals surface area contributed by atoms with E-state index in [0.29, 0.717) is 12.1 Å². The Kier molecular flexibility index (Phi) is 5.20. The smallest absolute Gasteiger partial charge is 0.251 e. The van der Waals surface area contributed by atoms with Gasteiger partial charge in [-0.15, -0.1) is 0 Å². The quantitative estimate of drug-likeness (QED) is 0.564. The van der Waals surface area contributed by atoms with E-state index < -0.39 is 0 Å². The second kappa shape index (κ2) is 8.26. The van der Waals surface area contributed by atoms with Crippen molar-refractivity contribution in [3.8, 4) is 11.3 Å². The molecule has 2 aromatic carbocycles. The molecule has 138 valence electrons. The standard InChI is InChI=1S/C22H19N5O/c28-22(19-9-4-8-18(14-19)20-15-23-11-12-24-20)26-21(16-27-13-5-10-25-27)17-6-2-1-3-7-17/h1-15,21H,16H2,(H,26,28). The van der Waals surface area contributed by atoms with Gasteiger partial charge in [-0.1, -0.05) is 42.5 Å². The Morgan fingerprint density at radius 2 is 1.89 bits per heavy atom. The highest BCUT2D eigenvalue weighted by Gasteiger charge is 2.17. The van der Waals surface area contributed by atoms with Crippen molar-refractivity contribution in [2.75, 3.05) is 0 Å². The highest BCUT2D eigenvalue weighted by Crippen LogP contribution is 2.19. The Hall–Kier alpha value is -3.80. The fourth-order valence-electron chi connectivity index (χ4n) is 3.02. The third kappa shape index (κ3) is 4.12. The molecule has 4 aromatic rings. The minimum Gasteiger partial charge on any atom is -0.343 e. The first-order chi connectivity index (χ1) is 13.8. The molecule has 0 saturated heterocycles. The summed E-state index contributed by atoms with van der Waals surface area (Å²) in [6.07, 6.45) is 8.56. The van der Waals surface area contributed by atoms with Crippen molar-refractivity contribution < 1.29 is 4.79 Å². The molecule has 0 aliphatic heterocycles. The summed E-state index contributed by atoms with van der Waals surface area (Å²) in [5.74, 6) is -0.147. The van der Waals surface area contributed by atoms with Gasteiger partial charge in [0.2, 0.25) is 0 Å². The van der Waals surface area contributed by atoms with Gasteiger partial charge in [-0.05, 0) is 23.8 Å². The molecule has 0 radical (unpaired) electrons. The van der Waals surface area contributed by atoms with Gasteiger partial charge in [0, 0.05) is 35.9 Å². The first-order valence-electron chi connectivity index (χ1n) is 8.99. The van der Waals surface area contributed by atoms with E-state index in [1.165, 1.54) is 0 Å². The van der Waals surface area contributed by atoms with Crippen molar-refractivity contribution in [3.63, 3.8) is 0 Å². The topological polar surface area (TPSA) is 72.7 Å². The predicted molar refractivity (Wildman–Crippen MR) is 106 cm³/mol. The molecule has 1 N–H and O–H groups in total. The molecule has 1 amide bonds. The van der Waals surface area contributed by atoms with E-state index in [1.807, 2.05) is 65.5 Å². The number of nitrogens with one attached hydrogen (secondary N) is 1. The highest BCUT2D eigenvalue weighted by atomic mass is 16.1. The van der Waals surface area contributed by atoms with Crippen molar-refractivity contribution in [2.45, 2.75) is 12.6 Å². The van der Waals surface area contributed by atoms with Crippen molar-refractivity contribution in [1.82, 2.24) is 25.1 Å². The number of nitrogens with zero attached hydrogens (tertiary/aromatic N) is 4. The number of benzene rings is 2. The molecule has 0 bridgehead atoms. The zero-order valence-corrected chi connectivity index (χ0v) is 15.1. The molecule has 28 heavy (non-hydrogen) atoms. The van der Waals surface area contributed by atoms with Crippen LogP contribution in [0.4, 0.5) is 0 Å². The van der Waals surface area contributed by atoms with E-state index in [4.69, 9.17) is 0 Å². The summed E-state index contributed by atoms with van der Waals surface area (Å²) in [6.45, 7) is 0.548. The summed E-state index contributed by atoms with van der Waals surface area (Å²) in [5.41, 5.74) is 3.18. The SMILES string of the molecule is O=C(NC(Cn1cccn1)c1ccccc1)c1cccc(-c2cnccn2)c1. The maximum absolute atomic E-state index is 13.0. The molecule has 0 fully saturated rings. The molecule has 0 aliphatic rings. The fraction of sp³-hybridized carbons (Fsp3) is 0.0909. The van der Waals surface area contributed by atoms with Crippen LogP contribution in [-0.2, 0) is 6.54 Å². The van der Waals surface area contributed by atoms with Crippen LogP contribution in [0.3, 0.4) is 0 Å². The zero-order chi connectivity index (χ0) is 19.2. The Bertz CT molecular complexity index is 1030. The minimum atomic E-state index is -0.200. The number of hydrogen-bond acceptors (Lipinski definition) is 4. The van der Waals surface area contributed by atoms with Crippen molar-refractivity contribution >= 4 is 5.91 Å². The number of aromatic nitrogens is 4. The second-order valence-electron chi connectivity index (χ2n) is 6.34. The molecule has 2 heterocycles. The van der Waals surface area contributed by atoms with E-state index in [0.717, 1.165) is 16.8 Å². The Morgan fingerprint density at radius 3 is 2.64 bits per heavy atom. The maximum atomic E-state index is 13.0. The number of hydrogen-bond donors (Lipinski definition) is 1. The molecular weight excluding hydrogens is 350 g/mol. The Labute approximate surface area is 162 Å². The van der Waals surface area contributed by atoms with Crippen LogP contribution in [0.1, 0.15) is 22.0 Å². The van der Waals surface area contributed by atoms with Crippen LogP contribution in [0.25, 0.3) is 11.3 Å². The molecule has 1 unspecified atom stereocenters. The van der Waals surface area contributed by atoms with Gasteiger partial charge in [0.15, 0.2) is 0 Å². The number of carbonyl (C=O) groups excluding carboxylic acids is 1. The van der Waals surface area contributed by atoms with Crippen LogP contribution in [0.15, 0.2) is 91.6 Å². The first kappa shape index (κ1) is 17.6. The largest absolute Gasteiger partial charge is 0.343 e. The lowest BCUT2D eigenvalue weighted by atomic mass is 10.0. The van der Waals surface area contributed by atoms with Crippen molar-refractivity contribution in [1.29, 1.82) is 0 Å². The third-order valence-electron chi connectivity index (χ3n) is 4.42. The molecule has 0 spiro atoms. The lowest BCUT2D eigenvalue weighted by Gasteiger charge is -2.19. The lowest BCUT2D eigenvalue weighted by Crippen LogP contribution is -2.31. The first-order valence-corrected chi connectivity index (χ1v) is 8.99. The second-order valence-corrected chi connectivity index (χ2v) is 6.34. The summed E-state index contributed by atoms with van der Waals surface area (Å²) in [5, 5.41) is 7.40. The molecule has 4 rings (SSSR count). The van der Waals surface area contributed by atoms with Gasteiger partial charge in [-0.3, -0.25) is 19.4 Å². The van der Waals surface area contributed by atoms with Crippen molar-refractivity contribution in [3.05, 3.63) is 103 Å². The average molecular weight is 369 g/mol. The summed E-state index contributed by atoms with van der Waals surface area (Å²) < 4.78 is 1.81. The predicted octanol–water partition coefficient (Wildman–Crippen LogP) is 3.51. The summed E-state index contributed by atoms with van der Waals surface area (Å²) in [7, 11) is 0. The number of rotatable bonds is 6. The molecule has 0 aliphatic carbocycles. The summed E-state index contributed by atoms with van der Waals surface area (Å²) in [6, 6.07) is 19.0. The van der Waals surface area contributed by atoms with Crippen LogP contribution in [0.2, 0.25) is 0 Å². The van der Waals surface area contributed by atoms with E-state index in [1.54, 1.807) is 30.9 Å². The maximum Gasteiger partial charge on any atom is 0.251 e. The number of carbonyl (C=O) groups is 1. The fourth-order valence-corrected chi connectivity index (χ4v) is 3.02. The monoisotopic (exact) mass is 369 g/mol. The average Bonchev–Trinajstić information content (AvgIpc) is 3.28. The van der Waals surface area contributed by atoms with Crippen LogP contribution in [0.5, 0.6) is 0 Å². The highest BCUT2D eigenvalue weighted by molar-refractivity contribution is 5.95. The van der Waals surface area contributed by atoms with Crippen LogP contribution >= 0.6 is 0 Å². The zero-order valence-electron chi connectivity index (χ0n) is 15.1. The van der Waals surface area contributed by atoms with E-state index >= 15 is 0 Å². The van der Waals surface area contributed by atoms with E-state index in [9.17, 15) is 4.79 Å². The minimum absolute atomic E-state index is 0.147. The third-order valence-corrected chi connectivity index (χ3v) is 4.42. The van der Waals surface area contributed by atoms with Crippen molar-refractivity contribution in [2.24, 2.45) is 0 Å². The Morgan fingerprint density at radius 1 is 1.00 bits per heavy atom. The summed E-state index contributed by atoms with van der Waals surface area (Å²) >= 11 is 0. The lowest BCUT2D eigenvalue weighted by molar-refractivity contribution is 0.0932. The molecular formula is C22H19N5O. The molecule has 6 nitrogen and oxygen atoms in total. The van der Waals surface area contributed by atoms with Crippen LogP contribution in [0, 0.1) is 0 Å². The number of amides is 1. The van der Waals surface area contributed by atoms with Gasteiger partial charge in [0.25, 0.3) is 5.91 Å². The van der Waals surface area contributed by atoms with Gasteiger partial charge < -0.3 is 5.32 Å². The normalized spacial score (nSPS) is 11.7. The van der Waals surface area contributed by atoms with Gasteiger partial charge in [0.1, 0.15) is 0 Å². The van der Waals surface area contributed by atoms with E-state index in [2.05, 4.69) is 20.4 Å². The van der Waals surface area contributed by atoms with Crippen LogP contribution in [-0.4, -0.2) is 25.7 Å². The van der Waals surface area contributed by atoms with Gasteiger partial charge in [0.05, 0.1) is 24.5 Å². The molecule has 1 atom stereocenters. The molecule has 0 saturated carbocycles. The van der Waals surface area contributed by atoms with E-state index in [-0.39, 0.29) is 11.9 Å². The van der Waals surface area contributed by atoms with Gasteiger partial charge >= 0.3 is 0 Å². The van der Waals surface area contributed by atoms with Crippen LogP contribution < -0.4 is 5.32 Å². The molecule has 2 aromatic heterocycles.